The molecule has 1 saturated carbocycles. The maximum Gasteiger partial charge on any atom is 0.182 e. The van der Waals surface area contributed by atoms with Crippen molar-refractivity contribution in [1.82, 2.24) is 0 Å². The first-order chi connectivity index (χ1) is 12.7. The summed E-state index contributed by atoms with van der Waals surface area (Å²) in [6.45, 7) is 3.09. The summed E-state index contributed by atoms with van der Waals surface area (Å²) in [5.41, 5.74) is 0. The third-order valence-corrected chi connectivity index (χ3v) is 6.28. The van der Waals surface area contributed by atoms with E-state index < -0.39 is 11.6 Å². The largest absolute Gasteiger partial charge is 0.490 e. The minimum Gasteiger partial charge on any atom is -0.490 e. The van der Waals surface area contributed by atoms with Crippen molar-refractivity contribution in [3.05, 3.63) is 35.9 Å². The van der Waals surface area contributed by atoms with Crippen molar-refractivity contribution >= 4 is 31.5 Å². The standard InChI is InChI=1S/C21H22F2O2S/c1-2-3-11-24-16-9-7-14-15-8-10-17(25-12-13-5-4-6-13)19(23)21(15)26-20(14)18(16)22/h7-10,13H,2-6,11-12H2,1H3. The number of ether oxygens (including phenoxy) is 2. The second-order valence-electron chi connectivity index (χ2n) is 6.92. The van der Waals surface area contributed by atoms with Gasteiger partial charge in [-0.2, -0.15) is 0 Å². The van der Waals surface area contributed by atoms with Crippen LogP contribution in [0.3, 0.4) is 0 Å². The zero-order valence-corrected chi connectivity index (χ0v) is 15.6. The third kappa shape index (κ3) is 3.13. The molecule has 2 nitrogen and oxygen atoms in total. The van der Waals surface area contributed by atoms with Gasteiger partial charge in [-0.25, -0.2) is 8.78 Å². The Balaban J connectivity index is 1.68. The average Bonchev–Trinajstić information content (AvgIpc) is 2.98. The summed E-state index contributed by atoms with van der Waals surface area (Å²) in [4.78, 5) is 0. The number of thiophene rings is 1. The first kappa shape index (κ1) is 17.5. The molecule has 0 amide bonds. The van der Waals surface area contributed by atoms with Crippen molar-refractivity contribution in [2.75, 3.05) is 13.2 Å². The number of rotatable bonds is 7. The van der Waals surface area contributed by atoms with E-state index >= 15 is 0 Å². The van der Waals surface area contributed by atoms with Crippen LogP contribution in [0.5, 0.6) is 11.5 Å². The molecule has 1 aliphatic carbocycles. The Kier molecular flexibility index (Phi) is 4.98. The summed E-state index contributed by atoms with van der Waals surface area (Å²) in [6.07, 6.45) is 5.40. The molecule has 0 saturated heterocycles. The highest BCUT2D eigenvalue weighted by molar-refractivity contribution is 7.25. The normalized spacial score (nSPS) is 14.7. The molecule has 0 N–H and O–H groups in total. The predicted octanol–water partition coefficient (Wildman–Crippen LogP) is 6.69. The van der Waals surface area contributed by atoms with Gasteiger partial charge in [0.25, 0.3) is 0 Å². The molecule has 0 unspecified atom stereocenters. The summed E-state index contributed by atoms with van der Waals surface area (Å²) >= 11 is 1.13. The van der Waals surface area contributed by atoms with Gasteiger partial charge < -0.3 is 9.47 Å². The van der Waals surface area contributed by atoms with Crippen LogP contribution in [0.2, 0.25) is 0 Å². The zero-order valence-electron chi connectivity index (χ0n) is 14.8. The van der Waals surface area contributed by atoms with Gasteiger partial charge in [-0.1, -0.05) is 19.8 Å². The predicted molar refractivity (Wildman–Crippen MR) is 102 cm³/mol. The van der Waals surface area contributed by atoms with Crippen LogP contribution in [-0.2, 0) is 0 Å². The number of benzene rings is 2. The lowest BCUT2D eigenvalue weighted by Crippen LogP contribution is -2.19. The molecule has 2 aromatic carbocycles. The minimum atomic E-state index is -0.406. The lowest BCUT2D eigenvalue weighted by Gasteiger charge is -2.25. The lowest BCUT2D eigenvalue weighted by atomic mass is 9.86. The molecule has 1 aromatic heterocycles. The Morgan fingerprint density at radius 2 is 1.58 bits per heavy atom. The van der Waals surface area contributed by atoms with Crippen molar-refractivity contribution in [3.63, 3.8) is 0 Å². The highest BCUT2D eigenvalue weighted by Crippen LogP contribution is 2.42. The van der Waals surface area contributed by atoms with Crippen LogP contribution >= 0.6 is 11.3 Å². The molecule has 138 valence electrons. The molecule has 3 aromatic rings. The van der Waals surface area contributed by atoms with Crippen LogP contribution in [0.15, 0.2) is 24.3 Å². The van der Waals surface area contributed by atoms with Crippen LogP contribution in [-0.4, -0.2) is 13.2 Å². The van der Waals surface area contributed by atoms with Crippen LogP contribution in [0.4, 0.5) is 8.78 Å². The highest BCUT2D eigenvalue weighted by Gasteiger charge is 2.21. The van der Waals surface area contributed by atoms with E-state index in [1.54, 1.807) is 12.1 Å². The molecular formula is C21H22F2O2S. The Morgan fingerprint density at radius 3 is 2.12 bits per heavy atom. The van der Waals surface area contributed by atoms with Crippen molar-refractivity contribution in [3.8, 4) is 11.5 Å². The SMILES string of the molecule is CCCCOc1ccc2c(sc3c(F)c(OCC4CCC4)ccc32)c1F. The Labute approximate surface area is 155 Å². The molecule has 5 heteroatoms. The van der Waals surface area contributed by atoms with Gasteiger partial charge in [0.1, 0.15) is 0 Å². The average molecular weight is 376 g/mol. The summed E-state index contributed by atoms with van der Waals surface area (Å²) in [6, 6.07) is 6.93. The molecule has 1 heterocycles. The second kappa shape index (κ2) is 7.39. The van der Waals surface area contributed by atoms with E-state index in [0.717, 1.165) is 47.8 Å². The van der Waals surface area contributed by atoms with Crippen molar-refractivity contribution in [2.45, 2.75) is 39.0 Å². The van der Waals surface area contributed by atoms with Gasteiger partial charge in [0.05, 0.1) is 22.6 Å². The van der Waals surface area contributed by atoms with E-state index in [1.807, 2.05) is 12.1 Å². The molecule has 0 aliphatic heterocycles. The quantitative estimate of drug-likeness (QED) is 0.428. The molecule has 4 rings (SSSR count). The lowest BCUT2D eigenvalue weighted by molar-refractivity contribution is 0.176. The summed E-state index contributed by atoms with van der Waals surface area (Å²) in [5.74, 6) is 0.231. The summed E-state index contributed by atoms with van der Waals surface area (Å²) in [7, 11) is 0. The monoisotopic (exact) mass is 376 g/mol. The summed E-state index contributed by atoms with van der Waals surface area (Å²) in [5, 5.41) is 1.44. The van der Waals surface area contributed by atoms with E-state index in [-0.39, 0.29) is 11.5 Å². The number of halogens is 2. The van der Waals surface area contributed by atoms with Gasteiger partial charge in [-0.05, 0) is 49.4 Å². The molecular weight excluding hydrogens is 354 g/mol. The molecule has 1 aliphatic rings. The van der Waals surface area contributed by atoms with Crippen molar-refractivity contribution in [1.29, 1.82) is 0 Å². The van der Waals surface area contributed by atoms with Gasteiger partial charge in [-0.3, -0.25) is 0 Å². The number of hydrogen-bond acceptors (Lipinski definition) is 3. The Bertz CT molecular complexity index is 931. The van der Waals surface area contributed by atoms with Gasteiger partial charge in [0.15, 0.2) is 23.1 Å². The molecule has 1 fully saturated rings. The summed E-state index contributed by atoms with van der Waals surface area (Å²) < 4.78 is 41.8. The van der Waals surface area contributed by atoms with Crippen LogP contribution in [0.25, 0.3) is 20.2 Å². The molecule has 0 spiro atoms. The van der Waals surface area contributed by atoms with E-state index in [9.17, 15) is 8.78 Å². The molecule has 0 radical (unpaired) electrons. The van der Waals surface area contributed by atoms with Gasteiger partial charge >= 0.3 is 0 Å². The first-order valence-corrected chi connectivity index (χ1v) is 10.1. The van der Waals surface area contributed by atoms with E-state index in [4.69, 9.17) is 9.47 Å². The second-order valence-corrected chi connectivity index (χ2v) is 7.94. The van der Waals surface area contributed by atoms with Gasteiger partial charge in [-0.15, -0.1) is 11.3 Å². The van der Waals surface area contributed by atoms with Crippen LogP contribution < -0.4 is 9.47 Å². The van der Waals surface area contributed by atoms with Gasteiger partial charge in [0.2, 0.25) is 0 Å². The van der Waals surface area contributed by atoms with Gasteiger partial charge in [0, 0.05) is 10.8 Å². The van der Waals surface area contributed by atoms with Crippen molar-refractivity contribution < 1.29 is 18.3 Å². The fourth-order valence-electron chi connectivity index (χ4n) is 3.22. The fourth-order valence-corrected chi connectivity index (χ4v) is 4.38. The maximum atomic E-state index is 14.9. The maximum absolute atomic E-state index is 14.9. The molecule has 0 atom stereocenters. The van der Waals surface area contributed by atoms with Crippen LogP contribution in [0.1, 0.15) is 39.0 Å². The third-order valence-electron chi connectivity index (χ3n) is 5.07. The smallest absolute Gasteiger partial charge is 0.182 e. The van der Waals surface area contributed by atoms with Crippen LogP contribution in [0, 0.1) is 17.6 Å². The Morgan fingerprint density at radius 1 is 0.962 bits per heavy atom. The number of hydrogen-bond donors (Lipinski definition) is 0. The van der Waals surface area contributed by atoms with E-state index in [0.29, 0.717) is 28.5 Å². The van der Waals surface area contributed by atoms with E-state index in [2.05, 4.69) is 6.92 Å². The minimum absolute atomic E-state index is 0.236. The fraction of sp³-hybridized carbons (Fsp3) is 0.429. The first-order valence-electron chi connectivity index (χ1n) is 9.28. The zero-order chi connectivity index (χ0) is 18.1. The Hall–Kier alpha value is -1.88. The number of fused-ring (bicyclic) bond motifs is 3. The van der Waals surface area contributed by atoms with E-state index in [1.165, 1.54) is 6.42 Å². The molecule has 26 heavy (non-hydrogen) atoms. The number of unbranched alkanes of at least 4 members (excludes halogenated alkanes) is 1. The topological polar surface area (TPSA) is 18.5 Å². The van der Waals surface area contributed by atoms with Crippen molar-refractivity contribution in [2.24, 2.45) is 5.92 Å². The molecule has 0 bridgehead atoms. The highest BCUT2D eigenvalue weighted by atomic mass is 32.1.